The molecule has 9 fully saturated rings. The third-order valence-electron chi connectivity index (χ3n) is 11.6. The zero-order valence-electron chi connectivity index (χ0n) is 20.3. The second-order valence-corrected chi connectivity index (χ2v) is 14.2. The average Bonchev–Trinajstić information content (AvgIpc) is 2.71. The summed E-state index contributed by atoms with van der Waals surface area (Å²) in [5.74, 6) is 7.44. The lowest BCUT2D eigenvalue weighted by molar-refractivity contribution is -0.0177. The van der Waals surface area contributed by atoms with Crippen LogP contribution in [0.2, 0.25) is 0 Å². The fraction of sp³-hybridized carbons (Fsp3) is 0.867. The van der Waals surface area contributed by atoms with Crippen LogP contribution in [0.5, 0.6) is 0 Å². The van der Waals surface area contributed by atoms with Gasteiger partial charge in [0.1, 0.15) is 0 Å². The molecule has 0 atom stereocenters. The van der Waals surface area contributed by atoms with E-state index in [4.69, 9.17) is 0 Å². The first kappa shape index (κ1) is 20.5. The molecule has 0 aromatic heterocycles. The zero-order chi connectivity index (χ0) is 21.5. The van der Waals surface area contributed by atoms with Crippen molar-refractivity contribution in [2.45, 2.75) is 114 Å². The molecule has 0 saturated heterocycles. The summed E-state index contributed by atoms with van der Waals surface area (Å²) in [7, 11) is 0. The van der Waals surface area contributed by atoms with E-state index in [1.165, 1.54) is 114 Å². The van der Waals surface area contributed by atoms with E-state index in [9.17, 15) is 0 Å². The van der Waals surface area contributed by atoms with Crippen molar-refractivity contribution in [2.75, 3.05) is 0 Å². The van der Waals surface area contributed by atoms with Gasteiger partial charge in [0.2, 0.25) is 0 Å². The molecule has 0 aromatic carbocycles. The number of nitrogens with one attached hydrogen (secondary N) is 2. The number of allylic oxidation sites excluding steroid dienone is 2. The van der Waals surface area contributed by atoms with E-state index in [1.54, 1.807) is 0 Å². The van der Waals surface area contributed by atoms with Crippen molar-refractivity contribution in [2.24, 2.45) is 47.3 Å². The average molecular weight is 435 g/mol. The van der Waals surface area contributed by atoms with Gasteiger partial charge in [0.15, 0.2) is 0 Å². The Labute approximate surface area is 196 Å². The molecule has 176 valence electrons. The fourth-order valence-electron chi connectivity index (χ4n) is 11.2. The number of rotatable bonds is 6. The monoisotopic (exact) mass is 434 g/mol. The van der Waals surface area contributed by atoms with Crippen LogP contribution in [0, 0.1) is 47.3 Å². The van der Waals surface area contributed by atoms with Gasteiger partial charge in [0.05, 0.1) is 0 Å². The molecule has 0 heterocycles. The van der Waals surface area contributed by atoms with Crippen LogP contribution in [-0.4, -0.2) is 11.1 Å². The molecule has 0 radical (unpaired) electrons. The van der Waals surface area contributed by atoms with Gasteiger partial charge in [-0.3, -0.25) is 0 Å². The van der Waals surface area contributed by atoms with Crippen molar-refractivity contribution in [1.29, 1.82) is 0 Å². The van der Waals surface area contributed by atoms with Crippen LogP contribution < -0.4 is 10.6 Å². The van der Waals surface area contributed by atoms with Crippen LogP contribution >= 0.6 is 0 Å². The second kappa shape index (κ2) is 7.29. The molecular weight excluding hydrogens is 388 g/mol. The van der Waals surface area contributed by atoms with Gasteiger partial charge in [-0.25, -0.2) is 0 Å². The van der Waals surface area contributed by atoms with Crippen molar-refractivity contribution < 1.29 is 0 Å². The van der Waals surface area contributed by atoms with E-state index in [2.05, 4.69) is 23.8 Å². The molecule has 9 rings (SSSR count). The van der Waals surface area contributed by atoms with Crippen molar-refractivity contribution >= 4 is 0 Å². The van der Waals surface area contributed by atoms with Crippen LogP contribution in [0.15, 0.2) is 24.6 Å². The summed E-state index contributed by atoms with van der Waals surface area (Å²) in [6.45, 7) is 9.24. The van der Waals surface area contributed by atoms with Gasteiger partial charge in [-0.05, 0) is 150 Å². The Bertz CT molecular complexity index is 648. The molecule has 32 heavy (non-hydrogen) atoms. The summed E-state index contributed by atoms with van der Waals surface area (Å²) in [4.78, 5) is 0. The van der Waals surface area contributed by atoms with Gasteiger partial charge in [0.25, 0.3) is 0 Å². The van der Waals surface area contributed by atoms with Crippen LogP contribution in [0.3, 0.4) is 0 Å². The highest BCUT2D eigenvalue weighted by Gasteiger charge is 2.52. The molecule has 9 aliphatic rings. The zero-order valence-corrected chi connectivity index (χ0v) is 20.3. The van der Waals surface area contributed by atoms with E-state index in [-0.39, 0.29) is 0 Å². The van der Waals surface area contributed by atoms with Gasteiger partial charge >= 0.3 is 0 Å². The molecule has 9 saturated carbocycles. The van der Waals surface area contributed by atoms with Crippen molar-refractivity contribution in [3.8, 4) is 0 Å². The molecule has 2 heteroatoms. The van der Waals surface area contributed by atoms with Crippen LogP contribution in [0.4, 0.5) is 0 Å². The first-order chi connectivity index (χ1) is 15.4. The highest BCUT2D eigenvalue weighted by molar-refractivity contribution is 5.16. The fourth-order valence-corrected chi connectivity index (χ4v) is 11.2. The third kappa shape index (κ3) is 3.49. The SMILES string of the molecule is C=C(NC12CC3CC(CC(C3)C1)C2)C1CCC(C(=C)NC23CC4CC(CC(C4)C2)C3)CC1. The largest absolute Gasteiger partial charge is 0.383 e. The molecular formula is C30H46N2. The quantitative estimate of drug-likeness (QED) is 0.473. The molecule has 0 unspecified atom stereocenters. The highest BCUT2D eigenvalue weighted by Crippen LogP contribution is 2.57. The molecule has 2 N–H and O–H groups in total. The Morgan fingerprint density at radius 1 is 0.469 bits per heavy atom. The van der Waals surface area contributed by atoms with E-state index in [1.807, 2.05) is 0 Å². The molecule has 0 amide bonds. The summed E-state index contributed by atoms with van der Waals surface area (Å²) >= 11 is 0. The van der Waals surface area contributed by atoms with Gasteiger partial charge < -0.3 is 10.6 Å². The third-order valence-corrected chi connectivity index (χ3v) is 11.6. The van der Waals surface area contributed by atoms with Crippen molar-refractivity contribution in [3.63, 3.8) is 0 Å². The Morgan fingerprint density at radius 2 is 0.719 bits per heavy atom. The smallest absolute Gasteiger partial charge is 0.0378 e. The topological polar surface area (TPSA) is 24.1 Å². The maximum Gasteiger partial charge on any atom is 0.0378 e. The summed E-state index contributed by atoms with van der Waals surface area (Å²) < 4.78 is 0. The first-order valence-corrected chi connectivity index (χ1v) is 14.4. The molecule has 2 nitrogen and oxygen atoms in total. The Kier molecular flexibility index (Phi) is 4.66. The molecule has 9 aliphatic carbocycles. The maximum atomic E-state index is 4.62. The minimum Gasteiger partial charge on any atom is -0.383 e. The molecule has 0 spiro atoms. The van der Waals surface area contributed by atoms with Gasteiger partial charge in [0, 0.05) is 22.5 Å². The predicted octanol–water partition coefficient (Wildman–Crippen LogP) is 6.94. The molecule has 8 bridgehead atoms. The predicted molar refractivity (Wildman–Crippen MR) is 132 cm³/mol. The van der Waals surface area contributed by atoms with Gasteiger partial charge in [-0.15, -0.1) is 0 Å². The standard InChI is InChI=1S/C30H46N2/c1-19(31-29-13-21-7-22(14-29)9-23(8-21)15-29)27-3-5-28(6-4-27)20(2)32-30-16-24-10-25(17-30)12-26(11-24)18-30/h21-28,31-32H,1-18H2. The number of hydrogen-bond donors (Lipinski definition) is 2. The Balaban J connectivity index is 0.938. The lowest BCUT2D eigenvalue weighted by atomic mass is 9.53. The van der Waals surface area contributed by atoms with E-state index < -0.39 is 0 Å². The van der Waals surface area contributed by atoms with Gasteiger partial charge in [-0.1, -0.05) is 13.2 Å². The lowest BCUT2D eigenvalue weighted by Gasteiger charge is -2.58. The van der Waals surface area contributed by atoms with Crippen LogP contribution in [0.25, 0.3) is 0 Å². The normalized spacial score (nSPS) is 52.8. The van der Waals surface area contributed by atoms with Gasteiger partial charge in [-0.2, -0.15) is 0 Å². The minimum absolute atomic E-state index is 0.423. The van der Waals surface area contributed by atoms with Crippen LogP contribution in [0.1, 0.15) is 103 Å². The van der Waals surface area contributed by atoms with Crippen LogP contribution in [-0.2, 0) is 0 Å². The van der Waals surface area contributed by atoms with Crippen molar-refractivity contribution in [3.05, 3.63) is 24.6 Å². The van der Waals surface area contributed by atoms with E-state index in [0.29, 0.717) is 22.9 Å². The number of hydrogen-bond acceptors (Lipinski definition) is 2. The summed E-state index contributed by atoms with van der Waals surface area (Å²) in [5, 5.41) is 8.22. The molecule has 0 aromatic rings. The first-order valence-electron chi connectivity index (χ1n) is 14.4. The summed E-state index contributed by atoms with van der Waals surface area (Å²) in [6.07, 6.45) is 23.0. The maximum absolute atomic E-state index is 4.62. The minimum atomic E-state index is 0.423. The van der Waals surface area contributed by atoms with E-state index in [0.717, 1.165) is 35.5 Å². The summed E-state index contributed by atoms with van der Waals surface area (Å²) in [6, 6.07) is 0. The Hall–Kier alpha value is -0.920. The lowest BCUT2D eigenvalue weighted by Crippen LogP contribution is -2.58. The van der Waals surface area contributed by atoms with E-state index >= 15 is 0 Å². The Morgan fingerprint density at radius 3 is 0.969 bits per heavy atom. The molecule has 0 aliphatic heterocycles. The second-order valence-electron chi connectivity index (χ2n) is 14.2. The van der Waals surface area contributed by atoms with Crippen molar-refractivity contribution in [1.82, 2.24) is 10.6 Å². The highest BCUT2D eigenvalue weighted by atomic mass is 15.0. The summed E-state index contributed by atoms with van der Waals surface area (Å²) in [5.41, 5.74) is 3.63.